The summed E-state index contributed by atoms with van der Waals surface area (Å²) in [5, 5.41) is 14.3. The fourth-order valence-corrected chi connectivity index (χ4v) is 7.83. The Hall–Kier alpha value is -7.22. The van der Waals surface area contributed by atoms with Gasteiger partial charge in [0.05, 0.1) is 50.8 Å². The first kappa shape index (κ1) is 29.7. The zero-order valence-electron chi connectivity index (χ0n) is 28.1. The molecule has 0 atom stereocenters. The second kappa shape index (κ2) is 12.0. The van der Waals surface area contributed by atoms with Crippen molar-refractivity contribution in [3.8, 4) is 51.1 Å². The average molecular weight is 663 g/mol. The first-order valence-corrected chi connectivity index (χ1v) is 17.5. The van der Waals surface area contributed by atoms with Gasteiger partial charge in [-0.15, -0.1) is 0 Å². The molecule has 10 rings (SSSR count). The lowest BCUT2D eigenvalue weighted by Gasteiger charge is -2.16. The molecule has 0 spiro atoms. The Morgan fingerprint density at radius 2 is 1.06 bits per heavy atom. The molecule has 0 aliphatic heterocycles. The molecule has 4 heteroatoms. The van der Waals surface area contributed by atoms with E-state index in [9.17, 15) is 5.26 Å². The van der Waals surface area contributed by atoms with Gasteiger partial charge in [-0.1, -0.05) is 121 Å². The Balaban J connectivity index is 1.31. The molecular weight excluding hydrogens is 633 g/mol. The van der Waals surface area contributed by atoms with Crippen LogP contribution in [0, 0.1) is 11.3 Å². The summed E-state index contributed by atoms with van der Waals surface area (Å²) in [4.78, 5) is 5.36. The molecule has 52 heavy (non-hydrogen) atoms. The van der Waals surface area contributed by atoms with Crippen LogP contribution in [-0.2, 0) is 0 Å². The maximum atomic E-state index is 9.52. The number of hydrogen-bond acceptors (Lipinski definition) is 2. The molecule has 7 aromatic carbocycles. The summed E-state index contributed by atoms with van der Waals surface area (Å²) < 4.78 is 4.76. The lowest BCUT2D eigenvalue weighted by atomic mass is 9.99. The molecule has 242 valence electrons. The van der Waals surface area contributed by atoms with E-state index < -0.39 is 0 Å². The zero-order chi connectivity index (χ0) is 34.6. The lowest BCUT2D eigenvalue weighted by molar-refractivity contribution is 1.17. The predicted molar refractivity (Wildman–Crippen MR) is 214 cm³/mol. The Bertz CT molecular complexity index is 2940. The summed E-state index contributed by atoms with van der Waals surface area (Å²) in [5.41, 5.74) is 13.5. The van der Waals surface area contributed by atoms with Crippen LogP contribution in [-0.4, -0.2) is 14.1 Å². The number of rotatable bonds is 5. The molecule has 3 heterocycles. The maximum Gasteiger partial charge on any atom is 0.0991 e. The van der Waals surface area contributed by atoms with Gasteiger partial charge in [-0.3, -0.25) is 0 Å². The summed E-state index contributed by atoms with van der Waals surface area (Å²) in [5.74, 6) is 0. The minimum Gasteiger partial charge on any atom is -0.309 e. The quantitative estimate of drug-likeness (QED) is 0.184. The van der Waals surface area contributed by atoms with Crippen molar-refractivity contribution >= 4 is 43.6 Å². The SMILES string of the molecule is N#Cc1ccc(-n2c3ccccc3c3c2ccc2c4ccccc4n(-c4ccccc4-c4cc(-c5ccccc5)cc(-c5ccccc5)n4)c23)cc1. The molecule has 0 aliphatic rings. The summed E-state index contributed by atoms with van der Waals surface area (Å²) >= 11 is 0. The van der Waals surface area contributed by atoms with Crippen LogP contribution in [0.2, 0.25) is 0 Å². The molecule has 0 bridgehead atoms. The molecule has 0 amide bonds. The molecule has 0 fully saturated rings. The molecule has 0 radical (unpaired) electrons. The minimum atomic E-state index is 0.643. The van der Waals surface area contributed by atoms with Gasteiger partial charge in [0.2, 0.25) is 0 Å². The second-order valence-electron chi connectivity index (χ2n) is 13.1. The Kier molecular flexibility index (Phi) is 6.84. The fraction of sp³-hybridized carbons (Fsp3) is 0. The van der Waals surface area contributed by atoms with E-state index in [1.807, 2.05) is 30.3 Å². The van der Waals surface area contributed by atoms with Crippen molar-refractivity contribution in [2.45, 2.75) is 0 Å². The van der Waals surface area contributed by atoms with Crippen LogP contribution in [0.15, 0.2) is 182 Å². The van der Waals surface area contributed by atoms with Crippen molar-refractivity contribution < 1.29 is 0 Å². The van der Waals surface area contributed by atoms with E-state index >= 15 is 0 Å². The second-order valence-corrected chi connectivity index (χ2v) is 13.1. The van der Waals surface area contributed by atoms with E-state index in [1.165, 1.54) is 21.5 Å². The minimum absolute atomic E-state index is 0.643. The highest BCUT2D eigenvalue weighted by atomic mass is 15.0. The van der Waals surface area contributed by atoms with Crippen molar-refractivity contribution in [1.29, 1.82) is 5.26 Å². The third-order valence-corrected chi connectivity index (χ3v) is 10.1. The molecular formula is C48H30N4. The number of fused-ring (bicyclic) bond motifs is 7. The zero-order valence-corrected chi connectivity index (χ0v) is 28.1. The molecule has 3 aromatic heterocycles. The van der Waals surface area contributed by atoms with Crippen LogP contribution < -0.4 is 0 Å². The summed E-state index contributed by atoms with van der Waals surface area (Å²) in [7, 11) is 0. The van der Waals surface area contributed by atoms with Crippen molar-refractivity contribution in [2.24, 2.45) is 0 Å². The number of nitriles is 1. The number of benzene rings is 7. The summed E-state index contributed by atoms with van der Waals surface area (Å²) in [6.07, 6.45) is 0. The molecule has 0 saturated heterocycles. The predicted octanol–water partition coefficient (Wildman–Crippen LogP) is 12.1. The molecule has 0 N–H and O–H groups in total. The van der Waals surface area contributed by atoms with Gasteiger partial charge < -0.3 is 9.13 Å². The fourth-order valence-electron chi connectivity index (χ4n) is 7.83. The number of aromatic nitrogens is 3. The molecule has 0 saturated carbocycles. The van der Waals surface area contributed by atoms with E-state index in [0.717, 1.165) is 67.1 Å². The van der Waals surface area contributed by atoms with Gasteiger partial charge in [-0.05, 0) is 71.8 Å². The van der Waals surface area contributed by atoms with Gasteiger partial charge in [0.1, 0.15) is 0 Å². The lowest BCUT2D eigenvalue weighted by Crippen LogP contribution is -2.00. The van der Waals surface area contributed by atoms with E-state index in [-0.39, 0.29) is 0 Å². The van der Waals surface area contributed by atoms with Crippen molar-refractivity contribution in [2.75, 3.05) is 0 Å². The van der Waals surface area contributed by atoms with Gasteiger partial charge in [0.25, 0.3) is 0 Å². The van der Waals surface area contributed by atoms with Crippen LogP contribution in [0.5, 0.6) is 0 Å². The first-order valence-electron chi connectivity index (χ1n) is 17.5. The van der Waals surface area contributed by atoms with Crippen LogP contribution in [0.4, 0.5) is 0 Å². The van der Waals surface area contributed by atoms with Crippen LogP contribution in [0.3, 0.4) is 0 Å². The Labute approximate surface area is 300 Å². The van der Waals surface area contributed by atoms with E-state index in [2.05, 4.69) is 167 Å². The largest absolute Gasteiger partial charge is 0.309 e. The van der Waals surface area contributed by atoms with Crippen LogP contribution in [0.25, 0.3) is 88.6 Å². The van der Waals surface area contributed by atoms with Crippen LogP contribution in [0.1, 0.15) is 5.56 Å². The summed E-state index contributed by atoms with van der Waals surface area (Å²) in [6.45, 7) is 0. The number of para-hydroxylation sites is 3. The number of nitrogens with zero attached hydrogens (tertiary/aromatic N) is 4. The highest BCUT2D eigenvalue weighted by molar-refractivity contribution is 6.26. The highest BCUT2D eigenvalue weighted by Gasteiger charge is 2.22. The van der Waals surface area contributed by atoms with Gasteiger partial charge in [0.15, 0.2) is 0 Å². The molecule has 4 nitrogen and oxygen atoms in total. The van der Waals surface area contributed by atoms with Gasteiger partial charge in [-0.2, -0.15) is 5.26 Å². The maximum absolute atomic E-state index is 9.52. The monoisotopic (exact) mass is 662 g/mol. The summed E-state index contributed by atoms with van der Waals surface area (Å²) in [6, 6.07) is 66.0. The number of hydrogen-bond donors (Lipinski definition) is 0. The van der Waals surface area contributed by atoms with Gasteiger partial charge in [0, 0.05) is 38.4 Å². The van der Waals surface area contributed by atoms with E-state index in [0.29, 0.717) is 5.56 Å². The third kappa shape index (κ3) is 4.65. The van der Waals surface area contributed by atoms with E-state index in [1.54, 1.807) is 0 Å². The van der Waals surface area contributed by atoms with Crippen molar-refractivity contribution in [3.05, 3.63) is 188 Å². The smallest absolute Gasteiger partial charge is 0.0991 e. The first-order chi connectivity index (χ1) is 25.8. The van der Waals surface area contributed by atoms with Crippen molar-refractivity contribution in [3.63, 3.8) is 0 Å². The normalized spacial score (nSPS) is 11.4. The number of pyridine rings is 1. The molecule has 0 aliphatic carbocycles. The molecule has 0 unspecified atom stereocenters. The van der Waals surface area contributed by atoms with E-state index in [4.69, 9.17) is 4.98 Å². The topological polar surface area (TPSA) is 46.5 Å². The Morgan fingerprint density at radius 1 is 0.442 bits per heavy atom. The van der Waals surface area contributed by atoms with Crippen LogP contribution >= 0.6 is 0 Å². The standard InChI is InChI=1S/C48H30N4/c49-31-32-23-25-36(26-24-32)51-45-22-12-9-19-40(45)47-46(51)28-27-38-37-17-7-10-20-43(37)52(48(38)47)44-21-11-8-18-39(44)42-30-35(33-13-3-1-4-14-33)29-41(50-42)34-15-5-2-6-16-34/h1-30H. The average Bonchev–Trinajstić information content (AvgIpc) is 3.74. The molecule has 10 aromatic rings. The highest BCUT2D eigenvalue weighted by Crippen LogP contribution is 2.43. The van der Waals surface area contributed by atoms with Crippen molar-refractivity contribution in [1.82, 2.24) is 14.1 Å². The van der Waals surface area contributed by atoms with Gasteiger partial charge in [-0.25, -0.2) is 4.98 Å². The van der Waals surface area contributed by atoms with Gasteiger partial charge >= 0.3 is 0 Å². The third-order valence-electron chi connectivity index (χ3n) is 10.1. The Morgan fingerprint density at radius 3 is 1.81 bits per heavy atom.